The van der Waals surface area contributed by atoms with E-state index in [0.717, 1.165) is 0 Å². The summed E-state index contributed by atoms with van der Waals surface area (Å²) < 4.78 is 14.0. The highest BCUT2D eigenvalue weighted by Crippen LogP contribution is 2.09. The number of hydrogen-bond acceptors (Lipinski definition) is 8. The molecule has 0 spiro atoms. The third-order valence-corrected chi connectivity index (χ3v) is 3.46. The van der Waals surface area contributed by atoms with Gasteiger partial charge in [0.05, 0.1) is 12.7 Å². The highest BCUT2D eigenvalue weighted by Gasteiger charge is 2.22. The Hall–Kier alpha value is -2.55. The van der Waals surface area contributed by atoms with Crippen LogP contribution in [0.1, 0.15) is 17.3 Å². The number of rotatable bonds is 7. The van der Waals surface area contributed by atoms with Gasteiger partial charge in [0.25, 0.3) is 0 Å². The zero-order valence-corrected chi connectivity index (χ0v) is 14.0. The maximum atomic E-state index is 11.6. The lowest BCUT2D eigenvalue weighted by Crippen LogP contribution is -2.42. The minimum absolute atomic E-state index is 0.0717. The highest BCUT2D eigenvalue weighted by molar-refractivity contribution is 8.13. The van der Waals surface area contributed by atoms with Crippen molar-refractivity contribution in [3.8, 4) is 0 Å². The number of ether oxygens (including phenoxy) is 3. The maximum absolute atomic E-state index is 11.6. The standard InChI is InChI=1S/C15H17NO7S/c1-10(17)16-12(14(19)21-2)8-24-15(20)23-9-22-13(18)11-6-4-3-5-7-11/h3-7,12H,8-9H2,1-2H3,(H,16,17)/t12-/m0/s1. The average molecular weight is 355 g/mol. The van der Waals surface area contributed by atoms with Gasteiger partial charge in [-0.05, 0) is 23.9 Å². The van der Waals surface area contributed by atoms with Crippen molar-refractivity contribution in [2.45, 2.75) is 13.0 Å². The number of carbonyl (C=O) groups is 4. The zero-order valence-electron chi connectivity index (χ0n) is 13.1. The van der Waals surface area contributed by atoms with Crippen LogP contribution in [0, 0.1) is 0 Å². The molecule has 0 saturated carbocycles. The second kappa shape index (κ2) is 10.3. The molecule has 24 heavy (non-hydrogen) atoms. The van der Waals surface area contributed by atoms with E-state index in [1.165, 1.54) is 14.0 Å². The van der Waals surface area contributed by atoms with Crippen molar-refractivity contribution in [1.82, 2.24) is 5.32 Å². The molecule has 0 radical (unpaired) electrons. The fourth-order valence-corrected chi connectivity index (χ4v) is 2.19. The Kier molecular flexibility index (Phi) is 8.34. The fraction of sp³-hybridized carbons (Fsp3) is 0.333. The number of carbonyl (C=O) groups excluding carboxylic acids is 4. The van der Waals surface area contributed by atoms with Gasteiger partial charge >= 0.3 is 17.2 Å². The fourth-order valence-electron chi connectivity index (χ4n) is 1.54. The first-order chi connectivity index (χ1) is 11.4. The van der Waals surface area contributed by atoms with E-state index in [0.29, 0.717) is 17.3 Å². The minimum atomic E-state index is -0.975. The third kappa shape index (κ3) is 7.14. The molecule has 1 aromatic carbocycles. The van der Waals surface area contributed by atoms with Crippen molar-refractivity contribution in [2.75, 3.05) is 19.7 Å². The van der Waals surface area contributed by atoms with Gasteiger partial charge in [-0.3, -0.25) is 4.79 Å². The molecule has 130 valence electrons. The van der Waals surface area contributed by atoms with Gasteiger partial charge in [-0.25, -0.2) is 14.4 Å². The molecule has 0 unspecified atom stereocenters. The number of methoxy groups -OCH3 is 1. The van der Waals surface area contributed by atoms with Gasteiger partial charge in [0.1, 0.15) is 6.04 Å². The van der Waals surface area contributed by atoms with Crippen molar-refractivity contribution < 1.29 is 33.4 Å². The van der Waals surface area contributed by atoms with E-state index >= 15 is 0 Å². The lowest BCUT2D eigenvalue weighted by atomic mass is 10.2. The second-order valence-electron chi connectivity index (χ2n) is 4.40. The van der Waals surface area contributed by atoms with Gasteiger partial charge in [-0.2, -0.15) is 0 Å². The maximum Gasteiger partial charge on any atom is 0.370 e. The first-order valence-corrected chi connectivity index (χ1v) is 7.79. The number of nitrogens with one attached hydrogen (secondary N) is 1. The summed E-state index contributed by atoms with van der Waals surface area (Å²) in [6, 6.07) is 7.25. The van der Waals surface area contributed by atoms with Crippen LogP contribution in [-0.4, -0.2) is 48.8 Å². The largest absolute Gasteiger partial charge is 0.467 e. The van der Waals surface area contributed by atoms with Gasteiger partial charge in [-0.1, -0.05) is 18.2 Å². The van der Waals surface area contributed by atoms with E-state index < -0.39 is 36.0 Å². The Morgan fingerprint density at radius 3 is 2.38 bits per heavy atom. The monoisotopic (exact) mass is 355 g/mol. The van der Waals surface area contributed by atoms with E-state index in [1.54, 1.807) is 30.3 Å². The molecule has 8 nitrogen and oxygen atoms in total. The molecule has 0 heterocycles. The summed E-state index contributed by atoms with van der Waals surface area (Å²) in [4.78, 5) is 45.6. The zero-order chi connectivity index (χ0) is 17.9. The van der Waals surface area contributed by atoms with E-state index in [9.17, 15) is 19.2 Å². The Bertz CT molecular complexity index is 591. The molecule has 0 aromatic heterocycles. The highest BCUT2D eigenvalue weighted by atomic mass is 32.2. The number of esters is 2. The van der Waals surface area contributed by atoms with Crippen LogP contribution in [-0.2, 0) is 23.8 Å². The van der Waals surface area contributed by atoms with Crippen LogP contribution in [0.5, 0.6) is 0 Å². The summed E-state index contributed by atoms with van der Waals surface area (Å²) in [6.45, 7) is 0.685. The number of hydrogen-bond donors (Lipinski definition) is 1. The van der Waals surface area contributed by atoms with E-state index in [-0.39, 0.29) is 5.75 Å². The number of amides is 1. The van der Waals surface area contributed by atoms with Crippen LogP contribution in [0.25, 0.3) is 0 Å². The van der Waals surface area contributed by atoms with Gasteiger partial charge < -0.3 is 19.5 Å². The molecule has 0 aliphatic rings. The third-order valence-electron chi connectivity index (χ3n) is 2.61. The van der Waals surface area contributed by atoms with Gasteiger partial charge in [0.2, 0.25) is 12.7 Å². The van der Waals surface area contributed by atoms with Crippen molar-refractivity contribution in [3.63, 3.8) is 0 Å². The van der Waals surface area contributed by atoms with Crippen LogP contribution in [0.15, 0.2) is 30.3 Å². The molecule has 9 heteroatoms. The first kappa shape index (κ1) is 19.5. The van der Waals surface area contributed by atoms with Crippen molar-refractivity contribution >= 4 is 34.9 Å². The molecule has 1 N–H and O–H groups in total. The molecule has 0 bridgehead atoms. The Labute approximate surface area is 142 Å². The Balaban J connectivity index is 2.33. The van der Waals surface area contributed by atoms with Crippen molar-refractivity contribution in [2.24, 2.45) is 0 Å². The van der Waals surface area contributed by atoms with Gasteiger partial charge in [0.15, 0.2) is 0 Å². The smallest absolute Gasteiger partial charge is 0.370 e. The van der Waals surface area contributed by atoms with Crippen LogP contribution >= 0.6 is 11.8 Å². The lowest BCUT2D eigenvalue weighted by Gasteiger charge is -2.14. The topological polar surface area (TPSA) is 108 Å². The molecule has 0 aliphatic heterocycles. The van der Waals surface area contributed by atoms with Crippen LogP contribution in [0.2, 0.25) is 0 Å². The average Bonchev–Trinajstić information content (AvgIpc) is 2.58. The molecule has 1 atom stereocenters. The quantitative estimate of drug-likeness (QED) is 0.577. The van der Waals surface area contributed by atoms with Crippen molar-refractivity contribution in [3.05, 3.63) is 35.9 Å². The predicted molar refractivity (Wildman–Crippen MR) is 85.3 cm³/mol. The molecule has 0 saturated heterocycles. The lowest BCUT2D eigenvalue weighted by molar-refractivity contribution is -0.144. The summed E-state index contributed by atoms with van der Waals surface area (Å²) in [6.07, 6.45) is 0. The van der Waals surface area contributed by atoms with E-state index in [4.69, 9.17) is 9.47 Å². The molecule has 0 aliphatic carbocycles. The summed E-state index contributed by atoms with van der Waals surface area (Å²) in [5.74, 6) is -1.81. The summed E-state index contributed by atoms with van der Waals surface area (Å²) in [5, 5.41) is 1.60. The normalized spacial score (nSPS) is 11.1. The van der Waals surface area contributed by atoms with Crippen LogP contribution in [0.3, 0.4) is 0 Å². The van der Waals surface area contributed by atoms with E-state index in [2.05, 4.69) is 10.1 Å². The van der Waals surface area contributed by atoms with Gasteiger partial charge in [-0.15, -0.1) is 0 Å². The number of benzene rings is 1. The second-order valence-corrected chi connectivity index (χ2v) is 5.35. The Morgan fingerprint density at radius 2 is 1.79 bits per heavy atom. The summed E-state index contributed by atoms with van der Waals surface area (Å²) in [5.41, 5.74) is 0.331. The van der Waals surface area contributed by atoms with E-state index in [1.807, 2.05) is 0 Å². The predicted octanol–water partition coefficient (Wildman–Crippen LogP) is 1.35. The van der Waals surface area contributed by atoms with Crippen molar-refractivity contribution in [1.29, 1.82) is 0 Å². The molecule has 1 rings (SSSR count). The molecule has 0 fully saturated rings. The SMILES string of the molecule is COC(=O)[C@H](CSC(=O)OCOC(=O)c1ccccc1)NC(C)=O. The van der Waals surface area contributed by atoms with Crippen LogP contribution in [0.4, 0.5) is 4.79 Å². The van der Waals surface area contributed by atoms with Gasteiger partial charge in [0, 0.05) is 12.7 Å². The first-order valence-electron chi connectivity index (χ1n) is 6.80. The van der Waals surface area contributed by atoms with Crippen LogP contribution < -0.4 is 5.32 Å². The minimum Gasteiger partial charge on any atom is -0.467 e. The summed E-state index contributed by atoms with van der Waals surface area (Å²) >= 11 is 0.650. The molecule has 1 aromatic rings. The molecular formula is C15H17NO7S. The molecular weight excluding hydrogens is 338 g/mol. The number of thioether (sulfide) groups is 1. The Morgan fingerprint density at radius 1 is 1.12 bits per heavy atom. The molecule has 1 amide bonds. The summed E-state index contributed by atoms with van der Waals surface area (Å²) in [7, 11) is 1.17.